The summed E-state index contributed by atoms with van der Waals surface area (Å²) in [5, 5.41) is 0. The fourth-order valence-corrected chi connectivity index (χ4v) is 6.28. The fraction of sp³-hybridized carbons (Fsp3) is 0.190. The summed E-state index contributed by atoms with van der Waals surface area (Å²) in [6.45, 7) is 3.21. The van der Waals surface area contributed by atoms with Gasteiger partial charge in [0.05, 0.1) is 0 Å². The van der Waals surface area contributed by atoms with Crippen LogP contribution in [-0.4, -0.2) is 63.4 Å². The third-order valence-corrected chi connectivity index (χ3v) is 7.91. The summed E-state index contributed by atoms with van der Waals surface area (Å²) >= 11 is -0.975. The normalized spacial score (nSPS) is 16.0. The zero-order valence-electron chi connectivity index (χ0n) is 15.2. The van der Waals surface area contributed by atoms with E-state index in [0.29, 0.717) is 0 Å². The van der Waals surface area contributed by atoms with Crippen LogP contribution in [0.5, 0.6) is 0 Å². The van der Waals surface area contributed by atoms with E-state index in [2.05, 4.69) is 39.1 Å². The molecule has 28 heavy (non-hydrogen) atoms. The minimum atomic E-state index is -0.975. The standard InChI is InChI=1S/C21H18N4O2.Sn/c22-21(18-5-6-23-19(13-18)25-8-10-27-11-9-25)17-3-1-2-15(12-17)16-4-7-24-20(26)14-16;/h1-2,4-7,12-14H,8-11H2,(H,24,26);/q-1;+1. The number of anilines is 1. The molecule has 138 valence electrons. The second-order valence-electron chi connectivity index (χ2n) is 6.78. The number of pyridine rings is 2. The molecule has 3 aromatic rings. The van der Waals surface area contributed by atoms with Gasteiger partial charge in [0.15, 0.2) is 0 Å². The number of nitrogens with one attached hydrogen (secondary N) is 1. The van der Waals surface area contributed by atoms with E-state index < -0.39 is 21.4 Å². The molecule has 0 atom stereocenters. The van der Waals surface area contributed by atoms with Gasteiger partial charge in [0.25, 0.3) is 0 Å². The average molecular weight is 477 g/mol. The SMILES string of the molecule is O=c1cc(-c2cc[c]3c(c2)C(c2ccnc(N4CCOCC4)c2)=[N][Sn]3)cc[nH]1. The van der Waals surface area contributed by atoms with Gasteiger partial charge in [0.1, 0.15) is 0 Å². The maximum atomic E-state index is 11.7. The van der Waals surface area contributed by atoms with Gasteiger partial charge >= 0.3 is 173 Å². The van der Waals surface area contributed by atoms with Gasteiger partial charge in [-0.3, -0.25) is 0 Å². The Bertz CT molecular complexity index is 1120. The van der Waals surface area contributed by atoms with Crippen molar-refractivity contribution in [3.63, 3.8) is 0 Å². The summed E-state index contributed by atoms with van der Waals surface area (Å²) in [5.74, 6) is 0.980. The molecule has 7 heteroatoms. The Morgan fingerprint density at radius 1 is 1.00 bits per heavy atom. The van der Waals surface area contributed by atoms with Gasteiger partial charge < -0.3 is 0 Å². The number of aromatic nitrogens is 2. The topological polar surface area (TPSA) is 70.6 Å². The number of morpholine rings is 1. The summed E-state index contributed by atoms with van der Waals surface area (Å²) in [7, 11) is 0. The second kappa shape index (κ2) is 7.52. The van der Waals surface area contributed by atoms with Crippen LogP contribution in [0.3, 0.4) is 0 Å². The summed E-state index contributed by atoms with van der Waals surface area (Å²) in [5.41, 5.74) is 5.24. The number of hydrogen-bond donors (Lipinski definition) is 1. The van der Waals surface area contributed by atoms with Gasteiger partial charge in [-0.15, -0.1) is 0 Å². The summed E-state index contributed by atoms with van der Waals surface area (Å²) in [4.78, 5) is 21.2. The molecule has 0 unspecified atom stereocenters. The first-order chi connectivity index (χ1) is 13.8. The molecule has 4 heterocycles. The van der Waals surface area contributed by atoms with Crippen molar-refractivity contribution in [3.05, 3.63) is 76.3 Å². The van der Waals surface area contributed by atoms with Crippen LogP contribution in [0.15, 0.2) is 62.9 Å². The number of aromatic amines is 1. The Morgan fingerprint density at radius 2 is 1.86 bits per heavy atom. The number of ether oxygens (including phenoxy) is 1. The second-order valence-corrected chi connectivity index (χ2v) is 9.59. The molecule has 2 aromatic heterocycles. The Morgan fingerprint density at radius 3 is 2.71 bits per heavy atom. The van der Waals surface area contributed by atoms with Crippen LogP contribution in [0.4, 0.5) is 5.82 Å². The van der Waals surface area contributed by atoms with E-state index in [4.69, 9.17) is 7.95 Å². The Labute approximate surface area is 172 Å². The van der Waals surface area contributed by atoms with Gasteiger partial charge in [-0.05, 0) is 0 Å². The van der Waals surface area contributed by atoms with E-state index in [1.807, 2.05) is 18.3 Å². The van der Waals surface area contributed by atoms with Crippen molar-refractivity contribution in [1.29, 1.82) is 0 Å². The molecule has 2 aliphatic rings. The Kier molecular flexibility index (Phi) is 4.74. The van der Waals surface area contributed by atoms with Crippen molar-refractivity contribution in [2.75, 3.05) is 31.2 Å². The van der Waals surface area contributed by atoms with Crippen molar-refractivity contribution in [3.8, 4) is 11.1 Å². The molecule has 0 amide bonds. The molecule has 0 spiro atoms. The first-order valence-electron chi connectivity index (χ1n) is 9.24. The molecule has 1 aromatic carbocycles. The van der Waals surface area contributed by atoms with Crippen LogP contribution in [-0.2, 0) is 4.74 Å². The summed E-state index contributed by atoms with van der Waals surface area (Å²) in [6.07, 6.45) is 3.56. The van der Waals surface area contributed by atoms with Crippen molar-refractivity contribution >= 4 is 36.5 Å². The maximum absolute atomic E-state index is 11.7. The third-order valence-electron chi connectivity index (χ3n) is 5.03. The number of hydrogen-bond acceptors (Lipinski definition) is 5. The van der Waals surface area contributed by atoms with Gasteiger partial charge in [-0.1, -0.05) is 0 Å². The Balaban J connectivity index is 1.51. The molecule has 5 rings (SSSR count). The molecule has 0 bridgehead atoms. The van der Waals surface area contributed by atoms with Gasteiger partial charge in [0, 0.05) is 0 Å². The predicted molar refractivity (Wildman–Crippen MR) is 111 cm³/mol. The van der Waals surface area contributed by atoms with E-state index in [1.54, 1.807) is 12.3 Å². The number of H-pyrrole nitrogens is 1. The van der Waals surface area contributed by atoms with Crippen molar-refractivity contribution in [2.45, 2.75) is 0 Å². The molecule has 1 N–H and O–H groups in total. The molecule has 6 nitrogen and oxygen atoms in total. The molecule has 0 aliphatic carbocycles. The van der Waals surface area contributed by atoms with E-state index in [0.717, 1.165) is 54.5 Å². The molecule has 1 saturated heterocycles. The fourth-order valence-electron chi connectivity index (χ4n) is 3.57. The summed E-state index contributed by atoms with van der Waals surface area (Å²) in [6, 6.07) is 14.2. The first-order valence-corrected chi connectivity index (χ1v) is 11.9. The summed E-state index contributed by atoms with van der Waals surface area (Å²) < 4.78 is 11.8. The van der Waals surface area contributed by atoms with Gasteiger partial charge in [-0.25, -0.2) is 0 Å². The quantitative estimate of drug-likeness (QED) is 0.579. The molecular weight excluding hydrogens is 459 g/mol. The molecular formula is C21H18N4O2Sn. The van der Waals surface area contributed by atoms with Crippen LogP contribution >= 0.6 is 0 Å². The van der Waals surface area contributed by atoms with Crippen molar-refractivity contribution in [2.24, 2.45) is 3.21 Å². The minimum absolute atomic E-state index is 0.0901. The predicted octanol–water partition coefficient (Wildman–Crippen LogP) is 1.37. The third kappa shape index (κ3) is 3.38. The van der Waals surface area contributed by atoms with Gasteiger partial charge in [0.2, 0.25) is 0 Å². The molecule has 0 saturated carbocycles. The monoisotopic (exact) mass is 478 g/mol. The number of fused-ring (bicyclic) bond motifs is 1. The average Bonchev–Trinajstić information content (AvgIpc) is 3.18. The van der Waals surface area contributed by atoms with Crippen LogP contribution in [0.2, 0.25) is 0 Å². The molecule has 1 fully saturated rings. The Hall–Kier alpha value is -2.45. The molecule has 2 radical (unpaired) electrons. The zero-order chi connectivity index (χ0) is 18.9. The van der Waals surface area contributed by atoms with E-state index in [9.17, 15) is 4.79 Å². The van der Waals surface area contributed by atoms with Crippen LogP contribution in [0.1, 0.15) is 11.1 Å². The van der Waals surface area contributed by atoms with E-state index in [-0.39, 0.29) is 5.56 Å². The van der Waals surface area contributed by atoms with Crippen LogP contribution in [0, 0.1) is 0 Å². The van der Waals surface area contributed by atoms with Gasteiger partial charge in [-0.2, -0.15) is 0 Å². The van der Waals surface area contributed by atoms with Crippen molar-refractivity contribution in [1.82, 2.24) is 9.97 Å². The van der Waals surface area contributed by atoms with E-state index in [1.165, 1.54) is 9.14 Å². The number of benzene rings is 1. The number of nitrogens with zero attached hydrogens (tertiary/aromatic N) is 3. The first kappa shape index (κ1) is 17.6. The zero-order valence-corrected chi connectivity index (χ0v) is 18.0. The molecule has 2 aliphatic heterocycles. The van der Waals surface area contributed by atoms with Crippen LogP contribution < -0.4 is 14.0 Å². The van der Waals surface area contributed by atoms with Crippen molar-refractivity contribution < 1.29 is 4.74 Å². The van der Waals surface area contributed by atoms with Crippen LogP contribution in [0.25, 0.3) is 11.1 Å². The number of rotatable bonds is 3. The van der Waals surface area contributed by atoms with E-state index >= 15 is 0 Å².